The number of nitrogens with zero attached hydrogens (tertiary/aromatic N) is 1. The van der Waals surface area contributed by atoms with E-state index in [9.17, 15) is 19.5 Å². The number of benzene rings is 3. The van der Waals surface area contributed by atoms with Gasteiger partial charge < -0.3 is 24.6 Å². The average Bonchev–Trinajstić information content (AvgIpc) is 3.44. The van der Waals surface area contributed by atoms with E-state index in [2.05, 4.69) is 5.32 Å². The first-order chi connectivity index (χ1) is 19.3. The number of amides is 2. The molecule has 40 heavy (non-hydrogen) atoms. The Labute approximate surface area is 240 Å². The Kier molecular flexibility index (Phi) is 9.97. The van der Waals surface area contributed by atoms with Crippen molar-refractivity contribution in [1.82, 2.24) is 5.32 Å². The van der Waals surface area contributed by atoms with Gasteiger partial charge in [0.15, 0.2) is 12.2 Å². The van der Waals surface area contributed by atoms with Gasteiger partial charge in [-0.2, -0.15) is 5.06 Å². The molecule has 0 saturated carbocycles. The van der Waals surface area contributed by atoms with Crippen molar-refractivity contribution in [1.29, 1.82) is 0 Å². The van der Waals surface area contributed by atoms with Crippen LogP contribution in [0.2, 0.25) is 10.0 Å². The van der Waals surface area contributed by atoms with Crippen LogP contribution in [0, 0.1) is 0 Å². The second-order valence-corrected chi connectivity index (χ2v) is 9.49. The number of carbonyl (C=O) groups excluding carboxylic acids is 2. The van der Waals surface area contributed by atoms with Crippen molar-refractivity contribution in [2.75, 3.05) is 19.0 Å². The Morgan fingerprint density at radius 2 is 1.62 bits per heavy atom. The monoisotopic (exact) mass is 588 g/mol. The summed E-state index contributed by atoms with van der Waals surface area (Å²) in [5, 5.41) is 14.2. The lowest BCUT2D eigenvalue weighted by atomic mass is 10.0. The molecule has 3 atom stereocenters. The largest absolute Gasteiger partial charge is 0.489 e. The summed E-state index contributed by atoms with van der Waals surface area (Å²) in [5.41, 5.74) is 1.70. The highest BCUT2D eigenvalue weighted by Crippen LogP contribution is 2.26. The third-order valence-electron chi connectivity index (χ3n) is 6.07. The third-order valence-corrected chi connectivity index (χ3v) is 6.78. The number of carbonyl (C=O) groups is 3. The van der Waals surface area contributed by atoms with E-state index < -0.39 is 36.0 Å². The first-order valence-corrected chi connectivity index (χ1v) is 12.9. The van der Waals surface area contributed by atoms with Gasteiger partial charge in [0.1, 0.15) is 25.2 Å². The molecule has 4 rings (SSSR count). The highest BCUT2D eigenvalue weighted by Gasteiger charge is 2.44. The maximum atomic E-state index is 13.1. The van der Waals surface area contributed by atoms with Crippen molar-refractivity contribution in [3.63, 3.8) is 0 Å². The van der Waals surface area contributed by atoms with Crippen LogP contribution in [-0.2, 0) is 41.7 Å². The van der Waals surface area contributed by atoms with E-state index in [-0.39, 0.29) is 19.8 Å². The van der Waals surface area contributed by atoms with Crippen molar-refractivity contribution in [3.05, 3.63) is 94.0 Å². The highest BCUT2D eigenvalue weighted by atomic mass is 35.5. The van der Waals surface area contributed by atoms with E-state index in [4.69, 9.17) is 42.3 Å². The first kappa shape index (κ1) is 29.3. The third kappa shape index (κ3) is 7.09. The molecular formula is C28H26Cl2N2O8. The Morgan fingerprint density at radius 1 is 0.975 bits per heavy atom. The zero-order valence-electron chi connectivity index (χ0n) is 21.3. The number of carboxylic acid groups (broad SMARTS) is 1. The molecule has 0 aromatic heterocycles. The lowest BCUT2D eigenvalue weighted by Crippen LogP contribution is -2.53. The van der Waals surface area contributed by atoms with E-state index in [0.29, 0.717) is 32.6 Å². The van der Waals surface area contributed by atoms with Crippen molar-refractivity contribution in [2.24, 2.45) is 0 Å². The van der Waals surface area contributed by atoms with Crippen LogP contribution >= 0.6 is 23.2 Å². The fourth-order valence-corrected chi connectivity index (χ4v) is 4.52. The summed E-state index contributed by atoms with van der Waals surface area (Å²) in [5.74, 6) is -2.21. The molecule has 0 spiro atoms. The molecule has 2 N–H and O–H groups in total. The zero-order chi connectivity index (χ0) is 28.6. The van der Waals surface area contributed by atoms with Crippen LogP contribution in [0.4, 0.5) is 5.69 Å². The zero-order valence-corrected chi connectivity index (χ0v) is 22.8. The highest BCUT2D eigenvalue weighted by molar-refractivity contribution is 6.35. The molecular weight excluding hydrogens is 563 g/mol. The average molecular weight is 589 g/mol. The van der Waals surface area contributed by atoms with Crippen molar-refractivity contribution in [3.8, 4) is 5.75 Å². The van der Waals surface area contributed by atoms with E-state index in [0.717, 1.165) is 5.06 Å². The van der Waals surface area contributed by atoms with Crippen molar-refractivity contribution >= 4 is 46.7 Å². The number of ether oxygens (including phenoxy) is 3. The van der Waals surface area contributed by atoms with Crippen LogP contribution in [0.25, 0.3) is 0 Å². The molecule has 1 saturated heterocycles. The number of hydrogen-bond donors (Lipinski definition) is 2. The van der Waals surface area contributed by atoms with Gasteiger partial charge >= 0.3 is 5.97 Å². The number of rotatable bonds is 11. The number of anilines is 1. The molecule has 0 bridgehead atoms. The van der Waals surface area contributed by atoms with Crippen LogP contribution in [0.5, 0.6) is 5.75 Å². The minimum atomic E-state index is -1.37. The van der Waals surface area contributed by atoms with Crippen LogP contribution in [0.15, 0.2) is 72.8 Å². The lowest BCUT2D eigenvalue weighted by molar-refractivity contribution is -0.144. The number of hydrogen-bond acceptors (Lipinski definition) is 7. The smallest absolute Gasteiger partial charge is 0.326 e. The number of carboxylic acids is 1. The number of nitrogens with one attached hydrogen (secondary N) is 1. The second-order valence-electron chi connectivity index (χ2n) is 8.68. The molecule has 0 radical (unpaired) electrons. The van der Waals surface area contributed by atoms with Gasteiger partial charge in [-0.3, -0.25) is 14.4 Å². The molecule has 1 fully saturated rings. The Balaban J connectivity index is 1.38. The SMILES string of the molecule is CON(C(=O)[C@@H]1OCO[C@H]1C(=O)NC(Cc1ccc(OCc2c(Cl)cccc2Cl)cc1)C(=O)O)c1ccccc1. The van der Waals surface area contributed by atoms with E-state index in [1.165, 1.54) is 7.11 Å². The number of hydroxylamine groups is 1. The molecule has 210 valence electrons. The summed E-state index contributed by atoms with van der Waals surface area (Å²) in [6.07, 6.45) is -2.74. The van der Waals surface area contributed by atoms with Crippen molar-refractivity contribution in [2.45, 2.75) is 31.3 Å². The fraction of sp³-hybridized carbons (Fsp3) is 0.250. The summed E-state index contributed by atoms with van der Waals surface area (Å²) in [6, 6.07) is 19.1. The molecule has 3 aromatic rings. The molecule has 10 nitrogen and oxygen atoms in total. The van der Waals surface area contributed by atoms with E-state index in [1.54, 1.807) is 72.8 Å². The molecule has 1 aliphatic rings. The molecule has 1 aliphatic heterocycles. The van der Waals surface area contributed by atoms with Crippen molar-refractivity contribution < 1.29 is 38.5 Å². The number of halogens is 2. The summed E-state index contributed by atoms with van der Waals surface area (Å²) >= 11 is 12.4. The molecule has 1 heterocycles. The summed E-state index contributed by atoms with van der Waals surface area (Å²) in [6.45, 7) is -0.167. The topological polar surface area (TPSA) is 124 Å². The van der Waals surface area contributed by atoms with Gasteiger partial charge in [-0.15, -0.1) is 0 Å². The van der Waals surface area contributed by atoms with Gasteiger partial charge in [-0.25, -0.2) is 4.79 Å². The van der Waals surface area contributed by atoms with Gasteiger partial charge in [-0.05, 0) is 42.0 Å². The Hall–Kier alpha value is -3.67. The maximum Gasteiger partial charge on any atom is 0.326 e. The Morgan fingerprint density at radius 3 is 2.25 bits per heavy atom. The normalized spacial score (nSPS) is 17.2. The minimum absolute atomic E-state index is 0.0297. The number of para-hydroxylation sites is 1. The van der Waals surface area contributed by atoms with E-state index >= 15 is 0 Å². The van der Waals surface area contributed by atoms with E-state index in [1.807, 2.05) is 0 Å². The minimum Gasteiger partial charge on any atom is -0.489 e. The summed E-state index contributed by atoms with van der Waals surface area (Å²) in [4.78, 5) is 43.3. The molecule has 3 aromatic carbocycles. The quantitative estimate of drug-likeness (QED) is 0.322. The lowest BCUT2D eigenvalue weighted by Gasteiger charge is -2.25. The van der Waals surface area contributed by atoms with Gasteiger partial charge in [-0.1, -0.05) is 59.6 Å². The van der Waals surface area contributed by atoms with Crippen LogP contribution in [0.1, 0.15) is 11.1 Å². The molecule has 0 aliphatic carbocycles. The summed E-state index contributed by atoms with van der Waals surface area (Å²) in [7, 11) is 1.30. The maximum absolute atomic E-state index is 13.1. The predicted molar refractivity (Wildman–Crippen MR) is 146 cm³/mol. The van der Waals surface area contributed by atoms with Gasteiger partial charge in [0.25, 0.3) is 11.8 Å². The Bertz CT molecular complexity index is 1320. The molecule has 1 unspecified atom stereocenters. The first-order valence-electron chi connectivity index (χ1n) is 12.1. The second kappa shape index (κ2) is 13.6. The summed E-state index contributed by atoms with van der Waals surface area (Å²) < 4.78 is 16.5. The van der Waals surface area contributed by atoms with Gasteiger partial charge in [0, 0.05) is 22.0 Å². The van der Waals surface area contributed by atoms with Gasteiger partial charge in [0.2, 0.25) is 0 Å². The van der Waals surface area contributed by atoms with Gasteiger partial charge in [0.05, 0.1) is 12.8 Å². The van der Waals surface area contributed by atoms with Crippen LogP contribution < -0.4 is 15.1 Å². The fourth-order valence-electron chi connectivity index (χ4n) is 4.01. The van der Waals surface area contributed by atoms with Crippen LogP contribution in [0.3, 0.4) is 0 Å². The van der Waals surface area contributed by atoms with Crippen LogP contribution in [-0.4, -0.2) is 55.0 Å². The molecule has 2 amide bonds. The predicted octanol–water partition coefficient (Wildman–Crippen LogP) is 4.02. The molecule has 12 heteroatoms. The standard InChI is InChI=1S/C28H26Cl2N2O8/c1-37-32(18-6-3-2-4-7-18)27(34)25-24(39-16-40-25)26(33)31-23(28(35)36)14-17-10-12-19(13-11-17)38-15-20-21(29)8-5-9-22(20)30/h2-13,23-25H,14-16H2,1H3,(H,31,33)(H,35,36)/t23?,24-,25-/m1/s1. The number of aliphatic carboxylic acids is 1.